The van der Waals surface area contributed by atoms with Crippen molar-refractivity contribution in [2.45, 2.75) is 19.4 Å². The molecular formula is C11H16BNO4. The highest BCUT2D eigenvalue weighted by Crippen LogP contribution is 2.04. The van der Waals surface area contributed by atoms with Gasteiger partial charge in [-0.2, -0.15) is 0 Å². The van der Waals surface area contributed by atoms with Gasteiger partial charge in [-0.25, -0.2) is 0 Å². The number of hydrogen-bond acceptors (Lipinski definition) is 5. The topological polar surface area (TPSA) is 78.8 Å². The molecule has 0 spiro atoms. The Kier molecular flexibility index (Phi) is 5.69. The summed E-state index contributed by atoms with van der Waals surface area (Å²) in [6.07, 6.45) is 0.345. The SMILES string of the molecule is CCOC(=O)[C@H](Cc1ccccc1)NB(O)O. The van der Waals surface area contributed by atoms with Crippen LogP contribution >= 0.6 is 0 Å². The van der Waals surface area contributed by atoms with Crippen LogP contribution in [0.4, 0.5) is 0 Å². The van der Waals surface area contributed by atoms with Crippen LogP contribution in [-0.4, -0.2) is 35.9 Å². The van der Waals surface area contributed by atoms with Crippen LogP contribution < -0.4 is 5.23 Å². The van der Waals surface area contributed by atoms with Crippen LogP contribution in [0.3, 0.4) is 0 Å². The molecule has 0 aliphatic carbocycles. The summed E-state index contributed by atoms with van der Waals surface area (Å²) in [5.74, 6) is -0.496. The molecule has 1 rings (SSSR count). The first kappa shape index (κ1) is 13.7. The van der Waals surface area contributed by atoms with E-state index in [4.69, 9.17) is 14.8 Å². The molecule has 1 aromatic carbocycles. The van der Waals surface area contributed by atoms with Crippen molar-refractivity contribution in [1.29, 1.82) is 0 Å². The van der Waals surface area contributed by atoms with Gasteiger partial charge < -0.3 is 14.8 Å². The maximum atomic E-state index is 11.6. The molecular weight excluding hydrogens is 221 g/mol. The van der Waals surface area contributed by atoms with Crippen molar-refractivity contribution >= 4 is 13.2 Å². The Morgan fingerprint density at radius 3 is 2.59 bits per heavy atom. The summed E-state index contributed by atoms with van der Waals surface area (Å²) >= 11 is 0. The summed E-state index contributed by atoms with van der Waals surface area (Å²) in [5, 5.41) is 20.1. The third kappa shape index (κ3) is 4.99. The van der Waals surface area contributed by atoms with E-state index in [-0.39, 0.29) is 6.61 Å². The Hall–Kier alpha value is -1.37. The Morgan fingerprint density at radius 2 is 2.06 bits per heavy atom. The van der Waals surface area contributed by atoms with Gasteiger partial charge >= 0.3 is 13.2 Å². The lowest BCUT2D eigenvalue weighted by Gasteiger charge is -2.16. The highest BCUT2D eigenvalue weighted by Gasteiger charge is 2.24. The number of carbonyl (C=O) groups is 1. The summed E-state index contributed by atoms with van der Waals surface area (Å²) in [6, 6.07) is 8.53. The monoisotopic (exact) mass is 237 g/mol. The van der Waals surface area contributed by atoms with Gasteiger partial charge in [-0.15, -0.1) is 0 Å². The lowest BCUT2D eigenvalue weighted by Crippen LogP contribution is -2.48. The van der Waals surface area contributed by atoms with Crippen molar-refractivity contribution in [2.24, 2.45) is 0 Å². The molecule has 0 amide bonds. The van der Waals surface area contributed by atoms with E-state index in [0.717, 1.165) is 5.56 Å². The molecule has 0 aromatic heterocycles. The molecule has 0 aliphatic rings. The van der Waals surface area contributed by atoms with Crippen molar-refractivity contribution in [3.63, 3.8) is 0 Å². The molecule has 0 aliphatic heterocycles. The van der Waals surface area contributed by atoms with Gasteiger partial charge in [0.1, 0.15) is 6.04 Å². The molecule has 0 fully saturated rings. The predicted octanol–water partition coefficient (Wildman–Crippen LogP) is -0.280. The highest BCUT2D eigenvalue weighted by atomic mass is 16.5. The molecule has 3 N–H and O–H groups in total. The van der Waals surface area contributed by atoms with Crippen LogP contribution in [0.25, 0.3) is 0 Å². The standard InChI is InChI=1S/C11H16BNO4/c1-2-17-11(14)10(13-12(15)16)8-9-6-4-3-5-7-9/h3-7,10,13,15-16H,2,8H2,1H3/t10-/m0/s1. The van der Waals surface area contributed by atoms with Crippen LogP contribution in [-0.2, 0) is 16.0 Å². The first-order chi connectivity index (χ1) is 8.13. The fourth-order valence-corrected chi connectivity index (χ4v) is 1.48. The minimum Gasteiger partial charge on any atom is -0.465 e. The lowest BCUT2D eigenvalue weighted by atomic mass is 10.0. The summed E-state index contributed by atoms with van der Waals surface area (Å²) < 4.78 is 4.85. The molecule has 5 nitrogen and oxygen atoms in total. The third-order valence-corrected chi connectivity index (χ3v) is 2.20. The van der Waals surface area contributed by atoms with E-state index in [1.54, 1.807) is 6.92 Å². The van der Waals surface area contributed by atoms with Crippen molar-refractivity contribution in [2.75, 3.05) is 6.61 Å². The predicted molar refractivity (Wildman–Crippen MR) is 63.9 cm³/mol. The number of carbonyl (C=O) groups excluding carboxylic acids is 1. The van der Waals surface area contributed by atoms with Gasteiger partial charge in [0.2, 0.25) is 0 Å². The first-order valence-electron chi connectivity index (χ1n) is 5.46. The molecule has 17 heavy (non-hydrogen) atoms. The van der Waals surface area contributed by atoms with Gasteiger partial charge in [-0.05, 0) is 18.9 Å². The first-order valence-corrected chi connectivity index (χ1v) is 5.46. The van der Waals surface area contributed by atoms with Crippen LogP contribution in [0.5, 0.6) is 0 Å². The van der Waals surface area contributed by atoms with E-state index >= 15 is 0 Å². The van der Waals surface area contributed by atoms with Crippen LogP contribution in [0.2, 0.25) is 0 Å². The van der Waals surface area contributed by atoms with E-state index < -0.39 is 19.3 Å². The summed E-state index contributed by atoms with van der Waals surface area (Å²) in [7, 11) is -1.74. The van der Waals surface area contributed by atoms with Crippen LogP contribution in [0.1, 0.15) is 12.5 Å². The number of nitrogens with one attached hydrogen (secondary N) is 1. The normalized spacial score (nSPS) is 11.9. The summed E-state index contributed by atoms with van der Waals surface area (Å²) in [6.45, 7) is 1.96. The molecule has 0 heterocycles. The smallest absolute Gasteiger partial charge is 0.465 e. The Morgan fingerprint density at radius 1 is 1.41 bits per heavy atom. The molecule has 1 atom stereocenters. The highest BCUT2D eigenvalue weighted by molar-refractivity contribution is 6.38. The lowest BCUT2D eigenvalue weighted by molar-refractivity contribution is -0.145. The molecule has 0 saturated heterocycles. The van der Waals surface area contributed by atoms with E-state index in [0.29, 0.717) is 6.42 Å². The van der Waals surface area contributed by atoms with E-state index in [1.165, 1.54) is 0 Å². The van der Waals surface area contributed by atoms with Crippen LogP contribution in [0.15, 0.2) is 30.3 Å². The Bertz CT molecular complexity index is 345. The Labute approximate surface area is 101 Å². The van der Waals surface area contributed by atoms with Crippen molar-refractivity contribution in [3.8, 4) is 0 Å². The molecule has 92 valence electrons. The molecule has 0 saturated carbocycles. The quantitative estimate of drug-likeness (QED) is 0.468. The fraction of sp³-hybridized carbons (Fsp3) is 0.364. The summed E-state index contributed by atoms with van der Waals surface area (Å²) in [5.41, 5.74) is 0.915. The number of ether oxygens (including phenoxy) is 1. The van der Waals surface area contributed by atoms with Gasteiger partial charge in [0.25, 0.3) is 0 Å². The number of rotatable bonds is 6. The van der Waals surface area contributed by atoms with Gasteiger partial charge in [0.05, 0.1) is 6.61 Å². The van der Waals surface area contributed by atoms with Gasteiger partial charge in [-0.3, -0.25) is 10.0 Å². The van der Waals surface area contributed by atoms with Crippen molar-refractivity contribution in [3.05, 3.63) is 35.9 Å². The third-order valence-electron chi connectivity index (χ3n) is 2.20. The fourth-order valence-electron chi connectivity index (χ4n) is 1.48. The zero-order valence-corrected chi connectivity index (χ0v) is 9.67. The number of hydrogen-bond donors (Lipinski definition) is 3. The van der Waals surface area contributed by atoms with Gasteiger partial charge in [0.15, 0.2) is 0 Å². The van der Waals surface area contributed by atoms with E-state index in [1.807, 2.05) is 30.3 Å². The van der Waals surface area contributed by atoms with E-state index in [9.17, 15) is 4.79 Å². The second kappa shape index (κ2) is 7.06. The summed E-state index contributed by atoms with van der Waals surface area (Å²) in [4.78, 5) is 11.6. The van der Waals surface area contributed by atoms with Crippen molar-refractivity contribution < 1.29 is 19.6 Å². The average Bonchev–Trinajstić information content (AvgIpc) is 2.29. The molecule has 1 aromatic rings. The Balaban J connectivity index is 2.66. The zero-order valence-electron chi connectivity index (χ0n) is 9.67. The molecule has 6 heteroatoms. The number of esters is 1. The minimum absolute atomic E-state index is 0.257. The maximum absolute atomic E-state index is 11.6. The molecule has 0 unspecified atom stereocenters. The minimum atomic E-state index is -1.74. The second-order valence-corrected chi connectivity index (χ2v) is 3.53. The van der Waals surface area contributed by atoms with E-state index in [2.05, 4.69) is 5.23 Å². The second-order valence-electron chi connectivity index (χ2n) is 3.53. The van der Waals surface area contributed by atoms with Crippen molar-refractivity contribution in [1.82, 2.24) is 5.23 Å². The zero-order chi connectivity index (χ0) is 12.7. The largest absolute Gasteiger partial charge is 0.549 e. The van der Waals surface area contributed by atoms with Gasteiger partial charge in [0, 0.05) is 0 Å². The van der Waals surface area contributed by atoms with Gasteiger partial charge in [-0.1, -0.05) is 30.3 Å². The molecule has 0 radical (unpaired) electrons. The number of benzene rings is 1. The maximum Gasteiger partial charge on any atom is 0.549 e. The molecule has 0 bridgehead atoms. The average molecular weight is 237 g/mol. The van der Waals surface area contributed by atoms with Crippen LogP contribution in [0, 0.1) is 0 Å².